The summed E-state index contributed by atoms with van der Waals surface area (Å²) >= 11 is 0. The minimum atomic E-state index is 0.447. The molecule has 92 valence electrons. The maximum atomic E-state index is 3.48. The third kappa shape index (κ3) is 8.88. The van der Waals surface area contributed by atoms with Crippen LogP contribution in [0.1, 0.15) is 47.5 Å². The van der Waals surface area contributed by atoms with E-state index < -0.39 is 0 Å². The molecule has 0 saturated carbocycles. The number of hydrogen-bond acceptors (Lipinski definition) is 2. The third-order valence-electron chi connectivity index (χ3n) is 3.14. The van der Waals surface area contributed by atoms with Gasteiger partial charge in [0, 0.05) is 13.1 Å². The lowest BCUT2D eigenvalue weighted by Crippen LogP contribution is -2.30. The Bertz CT molecular complexity index is 138. The second kappa shape index (κ2) is 8.12. The van der Waals surface area contributed by atoms with E-state index in [9.17, 15) is 0 Å². The van der Waals surface area contributed by atoms with Crippen molar-refractivity contribution in [1.82, 2.24) is 10.6 Å². The Balaban J connectivity index is 3.24. The first kappa shape index (κ1) is 14.9. The van der Waals surface area contributed by atoms with Gasteiger partial charge in [-0.2, -0.15) is 0 Å². The smallest absolute Gasteiger partial charge is 0.00767 e. The molecule has 0 spiro atoms. The van der Waals surface area contributed by atoms with Crippen LogP contribution in [0.5, 0.6) is 0 Å². The summed E-state index contributed by atoms with van der Waals surface area (Å²) in [4.78, 5) is 0. The zero-order chi connectivity index (χ0) is 11.7. The van der Waals surface area contributed by atoms with Crippen molar-refractivity contribution in [2.75, 3.05) is 26.2 Å². The maximum Gasteiger partial charge on any atom is 0.00767 e. The highest BCUT2D eigenvalue weighted by molar-refractivity contribution is 4.70. The molecule has 0 rings (SSSR count). The molecule has 0 aliphatic heterocycles. The molecule has 0 amide bonds. The van der Waals surface area contributed by atoms with Crippen LogP contribution >= 0.6 is 0 Å². The molecule has 2 nitrogen and oxygen atoms in total. The van der Waals surface area contributed by atoms with E-state index in [-0.39, 0.29) is 0 Å². The number of hydrogen-bond donors (Lipinski definition) is 2. The molecular formula is C13H30N2. The lowest BCUT2D eigenvalue weighted by molar-refractivity contribution is 0.245. The second-order valence-corrected chi connectivity index (χ2v) is 5.56. The minimum absolute atomic E-state index is 0.447. The van der Waals surface area contributed by atoms with Gasteiger partial charge in [0.2, 0.25) is 0 Å². The molecule has 1 unspecified atom stereocenters. The van der Waals surface area contributed by atoms with Gasteiger partial charge in [0.1, 0.15) is 0 Å². The van der Waals surface area contributed by atoms with Gasteiger partial charge in [-0.05, 0) is 37.3 Å². The van der Waals surface area contributed by atoms with Gasteiger partial charge < -0.3 is 10.6 Å². The normalized spacial score (nSPS) is 14.2. The van der Waals surface area contributed by atoms with E-state index in [1.807, 2.05) is 0 Å². The van der Waals surface area contributed by atoms with Crippen molar-refractivity contribution in [2.45, 2.75) is 47.5 Å². The standard InChI is InChI=1S/C13H30N2/c1-6-8-14-10-11-15-9-7-12(2)13(3,4)5/h12,14-15H,6-11H2,1-5H3. The lowest BCUT2D eigenvalue weighted by atomic mass is 9.80. The highest BCUT2D eigenvalue weighted by Crippen LogP contribution is 2.27. The Kier molecular flexibility index (Phi) is 8.07. The number of rotatable bonds is 8. The summed E-state index contributed by atoms with van der Waals surface area (Å²) in [6.45, 7) is 16.0. The van der Waals surface area contributed by atoms with Gasteiger partial charge >= 0.3 is 0 Å². The van der Waals surface area contributed by atoms with Crippen molar-refractivity contribution in [1.29, 1.82) is 0 Å². The van der Waals surface area contributed by atoms with Gasteiger partial charge in [0.15, 0.2) is 0 Å². The van der Waals surface area contributed by atoms with Crippen LogP contribution in [0, 0.1) is 11.3 Å². The first-order valence-electron chi connectivity index (χ1n) is 6.40. The quantitative estimate of drug-likeness (QED) is 0.607. The Labute approximate surface area is 96.2 Å². The van der Waals surface area contributed by atoms with Crippen molar-refractivity contribution < 1.29 is 0 Å². The molecule has 0 aliphatic rings. The van der Waals surface area contributed by atoms with Crippen LogP contribution in [0.4, 0.5) is 0 Å². The Morgan fingerprint density at radius 3 is 1.93 bits per heavy atom. The van der Waals surface area contributed by atoms with E-state index in [4.69, 9.17) is 0 Å². The van der Waals surface area contributed by atoms with E-state index in [2.05, 4.69) is 45.3 Å². The lowest BCUT2D eigenvalue weighted by Gasteiger charge is -2.27. The molecule has 15 heavy (non-hydrogen) atoms. The van der Waals surface area contributed by atoms with Crippen LogP contribution in [0.15, 0.2) is 0 Å². The van der Waals surface area contributed by atoms with Crippen LogP contribution in [0.3, 0.4) is 0 Å². The van der Waals surface area contributed by atoms with Gasteiger partial charge in [-0.1, -0.05) is 34.6 Å². The van der Waals surface area contributed by atoms with Crippen LogP contribution in [0.2, 0.25) is 0 Å². The molecule has 0 radical (unpaired) electrons. The first-order valence-corrected chi connectivity index (χ1v) is 6.40. The summed E-state index contributed by atoms with van der Waals surface area (Å²) in [5.41, 5.74) is 0.447. The van der Waals surface area contributed by atoms with E-state index in [0.717, 1.165) is 32.1 Å². The van der Waals surface area contributed by atoms with E-state index >= 15 is 0 Å². The van der Waals surface area contributed by atoms with Crippen molar-refractivity contribution in [2.24, 2.45) is 11.3 Å². The molecule has 0 saturated heterocycles. The van der Waals surface area contributed by atoms with Crippen molar-refractivity contribution in [3.05, 3.63) is 0 Å². The Hall–Kier alpha value is -0.0800. The first-order chi connectivity index (χ1) is 6.98. The second-order valence-electron chi connectivity index (χ2n) is 5.56. The SMILES string of the molecule is CCCNCCNCCC(C)C(C)(C)C. The molecule has 2 N–H and O–H groups in total. The molecular weight excluding hydrogens is 184 g/mol. The predicted molar refractivity (Wildman–Crippen MR) is 69.3 cm³/mol. The van der Waals surface area contributed by atoms with Gasteiger partial charge in [-0.3, -0.25) is 0 Å². The fourth-order valence-electron chi connectivity index (χ4n) is 1.36. The maximum absolute atomic E-state index is 3.48. The van der Waals surface area contributed by atoms with Gasteiger partial charge in [0.25, 0.3) is 0 Å². The minimum Gasteiger partial charge on any atom is -0.315 e. The van der Waals surface area contributed by atoms with E-state index in [1.165, 1.54) is 12.8 Å². The summed E-state index contributed by atoms with van der Waals surface area (Å²) in [5.74, 6) is 0.786. The highest BCUT2D eigenvalue weighted by atomic mass is 14.9. The topological polar surface area (TPSA) is 24.1 Å². The molecule has 0 aromatic heterocycles. The van der Waals surface area contributed by atoms with E-state index in [1.54, 1.807) is 0 Å². The van der Waals surface area contributed by atoms with Gasteiger partial charge in [-0.25, -0.2) is 0 Å². The molecule has 0 aliphatic carbocycles. The van der Waals surface area contributed by atoms with Crippen molar-refractivity contribution >= 4 is 0 Å². The summed E-state index contributed by atoms with van der Waals surface area (Å²) < 4.78 is 0. The fraction of sp³-hybridized carbons (Fsp3) is 1.00. The Morgan fingerprint density at radius 1 is 0.933 bits per heavy atom. The predicted octanol–water partition coefficient (Wildman–Crippen LogP) is 2.65. The molecule has 0 aromatic rings. The van der Waals surface area contributed by atoms with Crippen LogP contribution in [-0.2, 0) is 0 Å². The van der Waals surface area contributed by atoms with Gasteiger partial charge in [0.05, 0.1) is 0 Å². The monoisotopic (exact) mass is 214 g/mol. The van der Waals surface area contributed by atoms with Gasteiger partial charge in [-0.15, -0.1) is 0 Å². The fourth-order valence-corrected chi connectivity index (χ4v) is 1.36. The largest absolute Gasteiger partial charge is 0.315 e. The zero-order valence-electron chi connectivity index (χ0n) is 11.3. The summed E-state index contributed by atoms with van der Waals surface area (Å²) in [6, 6.07) is 0. The van der Waals surface area contributed by atoms with E-state index in [0.29, 0.717) is 5.41 Å². The summed E-state index contributed by atoms with van der Waals surface area (Å²) in [5, 5.41) is 6.88. The molecule has 2 heteroatoms. The highest BCUT2D eigenvalue weighted by Gasteiger charge is 2.18. The number of nitrogens with one attached hydrogen (secondary N) is 2. The molecule has 0 aromatic carbocycles. The molecule has 0 heterocycles. The average Bonchev–Trinajstić information content (AvgIpc) is 2.14. The zero-order valence-corrected chi connectivity index (χ0v) is 11.3. The summed E-state index contributed by atoms with van der Waals surface area (Å²) in [6.07, 6.45) is 2.50. The molecule has 1 atom stereocenters. The van der Waals surface area contributed by atoms with Crippen LogP contribution in [0.25, 0.3) is 0 Å². The molecule has 0 fully saturated rings. The molecule has 0 bridgehead atoms. The van der Waals surface area contributed by atoms with Crippen molar-refractivity contribution in [3.8, 4) is 0 Å². The van der Waals surface area contributed by atoms with Crippen molar-refractivity contribution in [3.63, 3.8) is 0 Å². The van der Waals surface area contributed by atoms with Crippen LogP contribution in [-0.4, -0.2) is 26.2 Å². The van der Waals surface area contributed by atoms with Crippen LogP contribution < -0.4 is 10.6 Å². The third-order valence-corrected chi connectivity index (χ3v) is 3.14. The average molecular weight is 214 g/mol. The Morgan fingerprint density at radius 2 is 1.47 bits per heavy atom. The summed E-state index contributed by atoms with van der Waals surface area (Å²) in [7, 11) is 0.